The maximum Gasteiger partial charge on any atom is 0.355 e. The Kier molecular flexibility index (Phi) is 5.76. The first-order valence-electron chi connectivity index (χ1n) is 9.25. The van der Waals surface area contributed by atoms with Crippen LogP contribution in [0.4, 0.5) is 11.4 Å². The zero-order valence-corrected chi connectivity index (χ0v) is 16.8. The summed E-state index contributed by atoms with van der Waals surface area (Å²) in [7, 11) is 1.78. The number of hydrogen-bond acceptors (Lipinski definition) is 6. The molecule has 2 heterocycles. The Balaban J connectivity index is 1.68. The van der Waals surface area contributed by atoms with Crippen molar-refractivity contribution in [3.8, 4) is 0 Å². The molecule has 1 N–H and O–H groups in total. The van der Waals surface area contributed by atoms with Crippen molar-refractivity contribution in [1.29, 1.82) is 0 Å². The molecule has 29 heavy (non-hydrogen) atoms. The van der Waals surface area contributed by atoms with E-state index in [0.29, 0.717) is 17.1 Å². The number of nitrogens with zero attached hydrogens (tertiary/aromatic N) is 4. The summed E-state index contributed by atoms with van der Waals surface area (Å²) in [4.78, 5) is 37.1. The van der Waals surface area contributed by atoms with Crippen LogP contribution in [0.3, 0.4) is 0 Å². The summed E-state index contributed by atoms with van der Waals surface area (Å²) >= 11 is 0. The van der Waals surface area contributed by atoms with Crippen LogP contribution in [0.2, 0.25) is 0 Å². The molecule has 2 amide bonds. The van der Waals surface area contributed by atoms with E-state index in [0.717, 1.165) is 5.69 Å². The van der Waals surface area contributed by atoms with Gasteiger partial charge in [-0.1, -0.05) is 18.2 Å². The van der Waals surface area contributed by atoms with E-state index in [9.17, 15) is 14.4 Å². The molecule has 1 unspecified atom stereocenters. The monoisotopic (exact) mass is 397 g/mol. The van der Waals surface area contributed by atoms with Crippen molar-refractivity contribution in [3.63, 3.8) is 0 Å². The number of aromatic nitrogens is 2. The van der Waals surface area contributed by atoms with Gasteiger partial charge in [-0.3, -0.25) is 14.3 Å². The summed E-state index contributed by atoms with van der Waals surface area (Å²) in [6, 6.07) is 8.83. The van der Waals surface area contributed by atoms with Gasteiger partial charge in [0.1, 0.15) is 5.71 Å². The molecule has 1 aliphatic rings. The normalized spacial score (nSPS) is 15.0. The topological polar surface area (TPSA) is 106 Å². The summed E-state index contributed by atoms with van der Waals surface area (Å²) in [5, 5.41) is 12.3. The Bertz CT molecular complexity index is 980. The van der Waals surface area contributed by atoms with E-state index in [-0.39, 0.29) is 24.5 Å². The van der Waals surface area contributed by atoms with E-state index < -0.39 is 18.0 Å². The highest BCUT2D eigenvalue weighted by Gasteiger charge is 2.29. The predicted octanol–water partition coefficient (Wildman–Crippen LogP) is 2.09. The molecule has 0 saturated heterocycles. The molecule has 2 aromatic rings. The molecule has 0 fully saturated rings. The van der Waals surface area contributed by atoms with Crippen LogP contribution < -0.4 is 10.3 Å². The van der Waals surface area contributed by atoms with E-state index >= 15 is 0 Å². The average molecular weight is 397 g/mol. The van der Waals surface area contributed by atoms with E-state index in [4.69, 9.17) is 4.74 Å². The van der Waals surface area contributed by atoms with Crippen molar-refractivity contribution in [2.24, 2.45) is 12.1 Å². The van der Waals surface area contributed by atoms with Crippen LogP contribution in [-0.2, 0) is 26.2 Å². The maximum absolute atomic E-state index is 12.5. The minimum atomic E-state index is -1.04. The average Bonchev–Trinajstić information content (AvgIpc) is 2.94. The fraction of sp³-hybridized carbons (Fsp3) is 0.350. The third-order valence-electron chi connectivity index (χ3n) is 4.68. The first-order valence-corrected chi connectivity index (χ1v) is 9.25. The highest BCUT2D eigenvalue weighted by atomic mass is 16.5. The zero-order chi connectivity index (χ0) is 21.1. The van der Waals surface area contributed by atoms with Crippen LogP contribution >= 0.6 is 0 Å². The Morgan fingerprint density at radius 1 is 1.17 bits per heavy atom. The van der Waals surface area contributed by atoms with E-state index in [1.807, 2.05) is 13.0 Å². The van der Waals surface area contributed by atoms with Crippen molar-refractivity contribution in [3.05, 3.63) is 41.7 Å². The van der Waals surface area contributed by atoms with Crippen molar-refractivity contribution in [2.75, 3.05) is 10.3 Å². The van der Waals surface area contributed by atoms with Gasteiger partial charge in [0.05, 0.1) is 22.8 Å². The number of hydrazone groups is 1. The number of aryl methyl sites for hydroxylation is 2. The summed E-state index contributed by atoms with van der Waals surface area (Å²) in [5.74, 6) is -1.40. The van der Waals surface area contributed by atoms with Crippen LogP contribution in [-0.4, -0.2) is 39.4 Å². The number of carbonyl (C=O) groups excluding carboxylic acids is 3. The molecular weight excluding hydrogens is 374 g/mol. The summed E-state index contributed by atoms with van der Waals surface area (Å²) in [5.41, 5.74) is 2.72. The van der Waals surface area contributed by atoms with Crippen molar-refractivity contribution in [2.45, 2.75) is 39.7 Å². The Morgan fingerprint density at radius 3 is 2.48 bits per heavy atom. The predicted molar refractivity (Wildman–Crippen MR) is 107 cm³/mol. The number of para-hydroxylation sites is 1. The van der Waals surface area contributed by atoms with Gasteiger partial charge >= 0.3 is 5.97 Å². The Labute approximate surface area is 168 Å². The number of esters is 1. The van der Waals surface area contributed by atoms with Gasteiger partial charge in [0, 0.05) is 19.9 Å². The van der Waals surface area contributed by atoms with Gasteiger partial charge in [-0.15, -0.1) is 0 Å². The summed E-state index contributed by atoms with van der Waals surface area (Å²) < 4.78 is 6.94. The maximum atomic E-state index is 12.5. The van der Waals surface area contributed by atoms with Gasteiger partial charge in [0.15, 0.2) is 6.10 Å². The van der Waals surface area contributed by atoms with Crippen LogP contribution in [0.5, 0.6) is 0 Å². The fourth-order valence-electron chi connectivity index (χ4n) is 2.93. The molecule has 0 bridgehead atoms. The highest BCUT2D eigenvalue weighted by molar-refractivity contribution is 6.38. The molecule has 1 aromatic carbocycles. The SMILES string of the molecule is Cc1nn(C)c(C)c1NC(=O)C(C)OC(=O)C1=NN(c2ccccc2)C(=O)CC1. The molecule has 152 valence electrons. The van der Waals surface area contributed by atoms with Gasteiger partial charge < -0.3 is 10.1 Å². The van der Waals surface area contributed by atoms with Gasteiger partial charge in [0.2, 0.25) is 5.91 Å². The Hall–Kier alpha value is -3.49. The molecule has 1 aliphatic heterocycles. The second-order valence-corrected chi connectivity index (χ2v) is 6.79. The molecule has 9 heteroatoms. The highest BCUT2D eigenvalue weighted by Crippen LogP contribution is 2.21. The quantitative estimate of drug-likeness (QED) is 0.778. The lowest BCUT2D eigenvalue weighted by molar-refractivity contribution is -0.146. The second-order valence-electron chi connectivity index (χ2n) is 6.79. The molecule has 0 radical (unpaired) electrons. The zero-order valence-electron chi connectivity index (χ0n) is 16.8. The van der Waals surface area contributed by atoms with Gasteiger partial charge in [-0.25, -0.2) is 9.80 Å². The number of carbonyl (C=O) groups is 3. The number of anilines is 2. The van der Waals surface area contributed by atoms with Crippen LogP contribution in [0.15, 0.2) is 35.4 Å². The van der Waals surface area contributed by atoms with Crippen molar-refractivity contribution >= 4 is 34.9 Å². The minimum Gasteiger partial charge on any atom is -0.448 e. The molecule has 1 atom stereocenters. The van der Waals surface area contributed by atoms with Gasteiger partial charge in [0.25, 0.3) is 5.91 Å². The largest absolute Gasteiger partial charge is 0.448 e. The smallest absolute Gasteiger partial charge is 0.355 e. The third kappa shape index (κ3) is 4.34. The minimum absolute atomic E-state index is 0.0989. The molecule has 0 spiro atoms. The molecule has 1 aromatic heterocycles. The van der Waals surface area contributed by atoms with Gasteiger partial charge in [-0.05, 0) is 32.9 Å². The number of benzene rings is 1. The number of ether oxygens (including phenoxy) is 1. The first kappa shape index (κ1) is 20.2. The van der Waals surface area contributed by atoms with Crippen LogP contribution in [0, 0.1) is 13.8 Å². The van der Waals surface area contributed by atoms with Crippen LogP contribution in [0.25, 0.3) is 0 Å². The molecule has 0 aliphatic carbocycles. The standard InChI is InChI=1S/C20H23N5O4/c1-12-18(13(2)24(4)22-12)21-19(27)14(3)29-20(28)16-10-11-17(26)25(23-16)15-8-6-5-7-9-15/h5-9,14H,10-11H2,1-4H3,(H,21,27). The van der Waals surface area contributed by atoms with Crippen molar-refractivity contribution < 1.29 is 19.1 Å². The number of hydrogen-bond donors (Lipinski definition) is 1. The molecule has 9 nitrogen and oxygen atoms in total. The van der Waals surface area contributed by atoms with E-state index in [1.54, 1.807) is 42.9 Å². The lowest BCUT2D eigenvalue weighted by Gasteiger charge is -2.23. The molecule has 0 saturated carbocycles. The van der Waals surface area contributed by atoms with Crippen LogP contribution in [0.1, 0.15) is 31.2 Å². The molecular formula is C20H23N5O4. The lowest BCUT2D eigenvalue weighted by atomic mass is 10.1. The lowest BCUT2D eigenvalue weighted by Crippen LogP contribution is -2.37. The third-order valence-corrected chi connectivity index (χ3v) is 4.68. The summed E-state index contributed by atoms with van der Waals surface area (Å²) in [6.07, 6.45) is -0.736. The number of rotatable bonds is 5. The summed E-state index contributed by atoms with van der Waals surface area (Å²) in [6.45, 7) is 5.10. The molecule has 3 rings (SSSR count). The second kappa shape index (κ2) is 8.26. The first-order chi connectivity index (χ1) is 13.8. The van der Waals surface area contributed by atoms with Crippen molar-refractivity contribution in [1.82, 2.24) is 9.78 Å². The fourth-order valence-corrected chi connectivity index (χ4v) is 2.93. The number of nitrogens with one attached hydrogen (secondary N) is 1. The van der Waals surface area contributed by atoms with E-state index in [1.165, 1.54) is 11.9 Å². The Morgan fingerprint density at radius 2 is 1.86 bits per heavy atom. The number of amides is 2. The van der Waals surface area contributed by atoms with Gasteiger partial charge in [-0.2, -0.15) is 10.2 Å². The van der Waals surface area contributed by atoms with E-state index in [2.05, 4.69) is 15.5 Å².